The van der Waals surface area contributed by atoms with Gasteiger partial charge in [0.2, 0.25) is 0 Å². The topological polar surface area (TPSA) is 67.4 Å². The molecule has 2 N–H and O–H groups in total. The van der Waals surface area contributed by atoms with Crippen LogP contribution in [-0.4, -0.2) is 24.5 Å². The summed E-state index contributed by atoms with van der Waals surface area (Å²) in [6.45, 7) is 10.5. The maximum atomic E-state index is 12.8. The average molecular weight is 383 g/mol. The molecule has 0 aliphatic rings. The summed E-state index contributed by atoms with van der Waals surface area (Å²) in [5.41, 5.74) is 2.98. The number of benzene rings is 2. The zero-order valence-electron chi connectivity index (χ0n) is 17.3. The molecule has 0 saturated heterocycles. The Kier molecular flexibility index (Phi) is 7.61. The third kappa shape index (κ3) is 5.84. The Bertz CT molecular complexity index is 830. The number of aryl methyl sites for hydroxylation is 2. The predicted molar refractivity (Wildman–Crippen MR) is 113 cm³/mol. The van der Waals surface area contributed by atoms with Gasteiger partial charge < -0.3 is 15.4 Å². The third-order valence-electron chi connectivity index (χ3n) is 4.38. The Morgan fingerprint density at radius 3 is 2.46 bits per heavy atom. The van der Waals surface area contributed by atoms with E-state index < -0.39 is 6.10 Å². The first-order valence-corrected chi connectivity index (χ1v) is 9.73. The molecule has 2 amide bonds. The minimum absolute atomic E-state index is 0.201. The fraction of sp³-hybridized carbons (Fsp3) is 0.391. The molecule has 0 aliphatic carbocycles. The van der Waals surface area contributed by atoms with Crippen LogP contribution in [0.1, 0.15) is 48.7 Å². The molecule has 0 heterocycles. The Hall–Kier alpha value is -2.82. The van der Waals surface area contributed by atoms with Crippen molar-refractivity contribution in [3.8, 4) is 5.75 Å². The lowest BCUT2D eigenvalue weighted by Gasteiger charge is -2.20. The highest BCUT2D eigenvalue weighted by atomic mass is 16.5. The minimum Gasteiger partial charge on any atom is -0.480 e. The van der Waals surface area contributed by atoms with Gasteiger partial charge in [-0.1, -0.05) is 45.0 Å². The number of carbonyl (C=O) groups excluding carboxylic acids is 2. The van der Waals surface area contributed by atoms with E-state index in [-0.39, 0.29) is 11.8 Å². The fourth-order valence-corrected chi connectivity index (χ4v) is 2.71. The first kappa shape index (κ1) is 21.5. The highest BCUT2D eigenvalue weighted by Gasteiger charge is 2.21. The summed E-state index contributed by atoms with van der Waals surface area (Å²) in [5, 5.41) is 5.75. The molecular weight excluding hydrogens is 352 g/mol. The zero-order chi connectivity index (χ0) is 20.7. The van der Waals surface area contributed by atoms with Crippen molar-refractivity contribution in [2.45, 2.75) is 47.1 Å². The van der Waals surface area contributed by atoms with Crippen molar-refractivity contribution in [1.29, 1.82) is 0 Å². The van der Waals surface area contributed by atoms with Crippen LogP contribution in [0.25, 0.3) is 0 Å². The first-order valence-electron chi connectivity index (χ1n) is 9.73. The second-order valence-electron chi connectivity index (χ2n) is 7.42. The van der Waals surface area contributed by atoms with Gasteiger partial charge in [-0.3, -0.25) is 9.59 Å². The van der Waals surface area contributed by atoms with Crippen LogP contribution >= 0.6 is 0 Å². The maximum Gasteiger partial charge on any atom is 0.265 e. The monoisotopic (exact) mass is 382 g/mol. The van der Waals surface area contributed by atoms with Crippen molar-refractivity contribution in [2.24, 2.45) is 5.92 Å². The third-order valence-corrected chi connectivity index (χ3v) is 4.38. The largest absolute Gasteiger partial charge is 0.480 e. The summed E-state index contributed by atoms with van der Waals surface area (Å²) in [7, 11) is 0. The summed E-state index contributed by atoms with van der Waals surface area (Å²) in [6.07, 6.45) is -0.131. The van der Waals surface area contributed by atoms with E-state index in [2.05, 4.69) is 10.6 Å². The normalized spacial score (nSPS) is 11.8. The molecule has 0 radical (unpaired) electrons. The van der Waals surface area contributed by atoms with E-state index in [1.54, 1.807) is 24.3 Å². The number of rotatable bonds is 8. The second-order valence-corrected chi connectivity index (χ2v) is 7.42. The van der Waals surface area contributed by atoms with Gasteiger partial charge in [-0.25, -0.2) is 0 Å². The number of ether oxygens (including phenoxy) is 1. The lowest BCUT2D eigenvalue weighted by atomic mass is 10.1. The van der Waals surface area contributed by atoms with E-state index in [0.717, 1.165) is 11.1 Å². The quantitative estimate of drug-likeness (QED) is 0.707. The molecule has 28 heavy (non-hydrogen) atoms. The molecule has 150 valence electrons. The van der Waals surface area contributed by atoms with Crippen LogP contribution in [0, 0.1) is 19.8 Å². The molecular formula is C23H30N2O3. The van der Waals surface area contributed by atoms with E-state index in [1.165, 1.54) is 0 Å². The van der Waals surface area contributed by atoms with Gasteiger partial charge in [0, 0.05) is 6.54 Å². The second kappa shape index (κ2) is 9.93. The molecule has 0 fully saturated rings. The van der Waals surface area contributed by atoms with Crippen molar-refractivity contribution in [3.63, 3.8) is 0 Å². The Morgan fingerprint density at radius 1 is 1.07 bits per heavy atom. The fourth-order valence-electron chi connectivity index (χ4n) is 2.71. The molecule has 0 aromatic heterocycles. The summed E-state index contributed by atoms with van der Waals surface area (Å²) in [5.74, 6) is 0.576. The zero-order valence-corrected chi connectivity index (χ0v) is 17.3. The Balaban J connectivity index is 2.14. The van der Waals surface area contributed by atoms with Crippen LogP contribution < -0.4 is 15.4 Å². The minimum atomic E-state index is -0.646. The molecule has 0 aliphatic heterocycles. The Morgan fingerprint density at radius 2 is 1.79 bits per heavy atom. The van der Waals surface area contributed by atoms with Gasteiger partial charge >= 0.3 is 0 Å². The van der Waals surface area contributed by atoms with E-state index >= 15 is 0 Å². The Labute approximate surface area is 167 Å². The van der Waals surface area contributed by atoms with E-state index in [1.807, 2.05) is 52.8 Å². The van der Waals surface area contributed by atoms with E-state index in [9.17, 15) is 9.59 Å². The van der Waals surface area contributed by atoms with Crippen molar-refractivity contribution in [3.05, 3.63) is 59.2 Å². The van der Waals surface area contributed by atoms with Crippen LogP contribution in [0.5, 0.6) is 5.75 Å². The lowest BCUT2D eigenvalue weighted by molar-refractivity contribution is -0.122. The van der Waals surface area contributed by atoms with Crippen molar-refractivity contribution in [2.75, 3.05) is 11.9 Å². The molecule has 1 unspecified atom stereocenters. The average Bonchev–Trinajstić information content (AvgIpc) is 2.67. The van der Waals surface area contributed by atoms with Gasteiger partial charge in [-0.05, 0) is 55.5 Å². The predicted octanol–water partition coefficient (Wildman–Crippen LogP) is 4.49. The lowest BCUT2D eigenvalue weighted by Crippen LogP contribution is -2.34. The van der Waals surface area contributed by atoms with Crippen molar-refractivity contribution >= 4 is 17.5 Å². The number of hydrogen-bond donors (Lipinski definition) is 2. The molecule has 5 nitrogen and oxygen atoms in total. The SMILES string of the molecule is CCC(Oc1cc(C)ccc1C)C(=O)Nc1ccccc1C(=O)NCC(C)C. The summed E-state index contributed by atoms with van der Waals surface area (Å²) in [4.78, 5) is 25.3. The number of para-hydroxylation sites is 1. The van der Waals surface area contributed by atoms with Crippen LogP contribution in [0.2, 0.25) is 0 Å². The van der Waals surface area contributed by atoms with Gasteiger partial charge in [0.15, 0.2) is 6.10 Å². The molecule has 0 spiro atoms. The molecule has 0 saturated carbocycles. The smallest absolute Gasteiger partial charge is 0.265 e. The van der Waals surface area contributed by atoms with Crippen LogP contribution in [-0.2, 0) is 4.79 Å². The van der Waals surface area contributed by atoms with Gasteiger partial charge in [0.25, 0.3) is 11.8 Å². The maximum absolute atomic E-state index is 12.8. The molecule has 2 rings (SSSR count). The van der Waals surface area contributed by atoms with Gasteiger partial charge in [-0.2, -0.15) is 0 Å². The van der Waals surface area contributed by atoms with E-state index in [4.69, 9.17) is 4.74 Å². The first-order chi connectivity index (χ1) is 13.3. The van der Waals surface area contributed by atoms with Gasteiger partial charge in [0.1, 0.15) is 5.75 Å². The molecule has 0 bridgehead atoms. The summed E-state index contributed by atoms with van der Waals surface area (Å²) in [6, 6.07) is 12.9. The van der Waals surface area contributed by atoms with Gasteiger partial charge in [0.05, 0.1) is 11.3 Å². The van der Waals surface area contributed by atoms with Crippen LogP contribution in [0.15, 0.2) is 42.5 Å². The number of amides is 2. The van der Waals surface area contributed by atoms with Crippen LogP contribution in [0.4, 0.5) is 5.69 Å². The van der Waals surface area contributed by atoms with E-state index in [0.29, 0.717) is 35.9 Å². The summed E-state index contributed by atoms with van der Waals surface area (Å²) >= 11 is 0. The number of nitrogens with one attached hydrogen (secondary N) is 2. The molecule has 2 aromatic carbocycles. The highest BCUT2D eigenvalue weighted by molar-refractivity contribution is 6.04. The number of anilines is 1. The standard InChI is InChI=1S/C23H30N2O3/c1-6-20(28-21-13-16(4)11-12-17(21)5)23(27)25-19-10-8-7-9-18(19)22(26)24-14-15(2)3/h7-13,15,20H,6,14H2,1-5H3,(H,24,26)(H,25,27). The molecule has 2 aromatic rings. The number of hydrogen-bond acceptors (Lipinski definition) is 3. The molecule has 1 atom stereocenters. The van der Waals surface area contributed by atoms with Crippen molar-refractivity contribution < 1.29 is 14.3 Å². The highest BCUT2D eigenvalue weighted by Crippen LogP contribution is 2.22. The van der Waals surface area contributed by atoms with Crippen LogP contribution in [0.3, 0.4) is 0 Å². The number of carbonyl (C=O) groups is 2. The summed E-state index contributed by atoms with van der Waals surface area (Å²) < 4.78 is 5.98. The molecule has 5 heteroatoms. The van der Waals surface area contributed by atoms with Gasteiger partial charge in [-0.15, -0.1) is 0 Å². The van der Waals surface area contributed by atoms with Crippen molar-refractivity contribution in [1.82, 2.24) is 5.32 Å².